The maximum atomic E-state index is 12.5. The molecule has 2 fully saturated rings. The smallest absolute Gasteiger partial charge is 0.323 e. The van der Waals surface area contributed by atoms with E-state index in [0.717, 1.165) is 31.2 Å². The van der Waals surface area contributed by atoms with E-state index < -0.39 is 5.54 Å². The molecule has 0 atom stereocenters. The quantitative estimate of drug-likeness (QED) is 0.771. The lowest BCUT2D eigenvalue weighted by molar-refractivity contribution is -0.121. The summed E-state index contributed by atoms with van der Waals surface area (Å²) in [6.45, 7) is 1.95. The molecule has 3 rings (SSSR count). The Balaban J connectivity index is 1.98. The van der Waals surface area contributed by atoms with Crippen molar-refractivity contribution in [2.24, 2.45) is 0 Å². The number of carbonyl (C=O) groups excluding carboxylic acids is 2. The first kappa shape index (κ1) is 11.3. The summed E-state index contributed by atoms with van der Waals surface area (Å²) in [6, 6.07) is 7.20. The molecule has 0 aromatic heterocycles. The van der Waals surface area contributed by atoms with Gasteiger partial charge in [0.2, 0.25) is 0 Å². The second-order valence-electron chi connectivity index (χ2n) is 5.20. The predicted octanol–water partition coefficient (Wildman–Crippen LogP) is 2.36. The fourth-order valence-corrected chi connectivity index (χ4v) is 2.94. The van der Waals surface area contributed by atoms with E-state index in [1.165, 1.54) is 4.90 Å². The Morgan fingerprint density at radius 2 is 1.94 bits per heavy atom. The average Bonchev–Trinajstić information content (AvgIpc) is 2.87. The molecule has 1 heterocycles. The van der Waals surface area contributed by atoms with Crippen molar-refractivity contribution >= 4 is 17.6 Å². The van der Waals surface area contributed by atoms with Gasteiger partial charge in [0, 0.05) is 0 Å². The van der Waals surface area contributed by atoms with Gasteiger partial charge in [0.05, 0.1) is 5.69 Å². The molecule has 0 radical (unpaired) electrons. The molecule has 1 N–H and O–H groups in total. The van der Waals surface area contributed by atoms with Crippen LogP contribution >= 0.6 is 0 Å². The zero-order valence-corrected chi connectivity index (χ0v) is 10.4. The highest BCUT2D eigenvalue weighted by Crippen LogP contribution is 2.36. The molecular formula is C14H16N2O2. The topological polar surface area (TPSA) is 49.4 Å². The molecule has 3 amide bonds. The van der Waals surface area contributed by atoms with Crippen molar-refractivity contribution in [2.75, 3.05) is 4.90 Å². The van der Waals surface area contributed by atoms with E-state index in [1.54, 1.807) is 6.07 Å². The van der Waals surface area contributed by atoms with Gasteiger partial charge in [0.25, 0.3) is 5.91 Å². The highest BCUT2D eigenvalue weighted by atomic mass is 16.2. The summed E-state index contributed by atoms with van der Waals surface area (Å²) in [5.74, 6) is -0.0874. The van der Waals surface area contributed by atoms with Gasteiger partial charge >= 0.3 is 6.03 Å². The maximum absolute atomic E-state index is 12.5. The third kappa shape index (κ3) is 1.52. The Kier molecular flexibility index (Phi) is 2.40. The molecule has 94 valence electrons. The van der Waals surface area contributed by atoms with Crippen molar-refractivity contribution in [2.45, 2.75) is 38.1 Å². The van der Waals surface area contributed by atoms with Crippen molar-refractivity contribution in [1.29, 1.82) is 0 Å². The second kappa shape index (κ2) is 3.83. The molecule has 0 unspecified atom stereocenters. The number of rotatable bonds is 1. The number of hydrogen-bond donors (Lipinski definition) is 1. The van der Waals surface area contributed by atoms with Crippen LogP contribution in [0.25, 0.3) is 0 Å². The van der Waals surface area contributed by atoms with Crippen LogP contribution in [0.5, 0.6) is 0 Å². The number of aryl methyl sites for hydroxylation is 1. The number of nitrogens with zero attached hydrogens (tertiary/aromatic N) is 1. The Hall–Kier alpha value is -1.84. The number of carbonyl (C=O) groups is 2. The lowest BCUT2D eigenvalue weighted by atomic mass is 9.98. The van der Waals surface area contributed by atoms with Crippen LogP contribution in [0.4, 0.5) is 10.5 Å². The van der Waals surface area contributed by atoms with Crippen LogP contribution in [-0.4, -0.2) is 17.5 Å². The summed E-state index contributed by atoms with van der Waals surface area (Å²) in [7, 11) is 0. The standard InChI is InChI=1S/C14H16N2O2/c1-10-5-4-6-11(9-10)16-12(17)14(15-13(16)18)7-2-3-8-14/h4-6,9H,2-3,7-8H2,1H3,(H,15,18). The van der Waals surface area contributed by atoms with E-state index in [9.17, 15) is 9.59 Å². The normalized spacial score (nSPS) is 21.7. The fraction of sp³-hybridized carbons (Fsp3) is 0.429. The predicted molar refractivity (Wildman–Crippen MR) is 68.4 cm³/mol. The van der Waals surface area contributed by atoms with Gasteiger partial charge in [-0.05, 0) is 37.5 Å². The summed E-state index contributed by atoms with van der Waals surface area (Å²) in [5, 5.41) is 2.88. The molecule has 1 aromatic rings. The van der Waals surface area contributed by atoms with E-state index in [-0.39, 0.29) is 11.9 Å². The first-order valence-electron chi connectivity index (χ1n) is 6.36. The van der Waals surface area contributed by atoms with Crippen LogP contribution in [0.2, 0.25) is 0 Å². The molecule has 1 aromatic carbocycles. The van der Waals surface area contributed by atoms with Gasteiger partial charge in [0.1, 0.15) is 5.54 Å². The summed E-state index contributed by atoms with van der Waals surface area (Å²) in [6.07, 6.45) is 3.54. The van der Waals surface area contributed by atoms with Gasteiger partial charge in [-0.3, -0.25) is 4.79 Å². The largest absolute Gasteiger partial charge is 0.329 e. The SMILES string of the molecule is Cc1cccc(N2C(=O)NC3(CCCC3)C2=O)c1. The van der Waals surface area contributed by atoms with E-state index in [2.05, 4.69) is 5.32 Å². The van der Waals surface area contributed by atoms with Crippen LogP contribution in [0, 0.1) is 6.92 Å². The summed E-state index contributed by atoms with van der Waals surface area (Å²) < 4.78 is 0. The molecule has 4 heteroatoms. The van der Waals surface area contributed by atoms with Crippen LogP contribution in [-0.2, 0) is 4.79 Å². The average molecular weight is 244 g/mol. The third-order valence-electron chi connectivity index (χ3n) is 3.88. The zero-order valence-electron chi connectivity index (χ0n) is 10.4. The highest BCUT2D eigenvalue weighted by Gasteiger charge is 2.52. The third-order valence-corrected chi connectivity index (χ3v) is 3.88. The summed E-state index contributed by atoms with van der Waals surface area (Å²) >= 11 is 0. The molecule has 0 bridgehead atoms. The van der Waals surface area contributed by atoms with E-state index >= 15 is 0 Å². The lowest BCUT2D eigenvalue weighted by Crippen LogP contribution is -2.44. The minimum Gasteiger partial charge on any atom is -0.323 e. The van der Waals surface area contributed by atoms with Gasteiger partial charge in [-0.25, -0.2) is 9.69 Å². The maximum Gasteiger partial charge on any atom is 0.329 e. The molecule has 1 aliphatic heterocycles. The number of imide groups is 1. The Morgan fingerprint density at radius 3 is 2.61 bits per heavy atom. The second-order valence-corrected chi connectivity index (χ2v) is 5.20. The molecule has 2 aliphatic rings. The van der Waals surface area contributed by atoms with Gasteiger partial charge in [0.15, 0.2) is 0 Å². The van der Waals surface area contributed by atoms with Crippen molar-refractivity contribution in [1.82, 2.24) is 5.32 Å². The molecular weight excluding hydrogens is 228 g/mol. The monoisotopic (exact) mass is 244 g/mol. The summed E-state index contributed by atoms with van der Waals surface area (Å²) in [4.78, 5) is 25.8. The Bertz CT molecular complexity index is 518. The molecule has 1 saturated heterocycles. The summed E-state index contributed by atoms with van der Waals surface area (Å²) in [5.41, 5.74) is 1.09. The first-order chi connectivity index (χ1) is 8.62. The zero-order chi connectivity index (χ0) is 12.8. The lowest BCUT2D eigenvalue weighted by Gasteiger charge is -2.20. The van der Waals surface area contributed by atoms with Gasteiger partial charge < -0.3 is 5.32 Å². The molecule has 1 aliphatic carbocycles. The number of anilines is 1. The van der Waals surface area contributed by atoms with Crippen molar-refractivity contribution < 1.29 is 9.59 Å². The number of urea groups is 1. The Labute approximate surface area is 106 Å². The molecule has 18 heavy (non-hydrogen) atoms. The van der Waals surface area contributed by atoms with Crippen LogP contribution in [0.3, 0.4) is 0 Å². The van der Waals surface area contributed by atoms with Gasteiger partial charge in [-0.1, -0.05) is 25.0 Å². The van der Waals surface area contributed by atoms with Crippen LogP contribution < -0.4 is 10.2 Å². The molecule has 1 spiro atoms. The van der Waals surface area contributed by atoms with Gasteiger partial charge in [-0.2, -0.15) is 0 Å². The van der Waals surface area contributed by atoms with E-state index in [0.29, 0.717) is 5.69 Å². The van der Waals surface area contributed by atoms with Crippen molar-refractivity contribution in [3.63, 3.8) is 0 Å². The molecule has 1 saturated carbocycles. The van der Waals surface area contributed by atoms with Crippen molar-refractivity contribution in [3.8, 4) is 0 Å². The molecule has 4 nitrogen and oxygen atoms in total. The highest BCUT2D eigenvalue weighted by molar-refractivity contribution is 6.23. The minimum absolute atomic E-state index is 0.0874. The van der Waals surface area contributed by atoms with E-state index in [4.69, 9.17) is 0 Å². The van der Waals surface area contributed by atoms with Crippen molar-refractivity contribution in [3.05, 3.63) is 29.8 Å². The minimum atomic E-state index is -0.624. The number of amides is 3. The van der Waals surface area contributed by atoms with Crippen LogP contribution in [0.1, 0.15) is 31.2 Å². The number of benzene rings is 1. The number of hydrogen-bond acceptors (Lipinski definition) is 2. The first-order valence-corrected chi connectivity index (χ1v) is 6.36. The fourth-order valence-electron chi connectivity index (χ4n) is 2.94. The van der Waals surface area contributed by atoms with E-state index in [1.807, 2.05) is 25.1 Å². The van der Waals surface area contributed by atoms with Gasteiger partial charge in [-0.15, -0.1) is 0 Å². The Morgan fingerprint density at radius 1 is 1.22 bits per heavy atom. The van der Waals surface area contributed by atoms with Crippen LogP contribution in [0.15, 0.2) is 24.3 Å². The number of nitrogens with one attached hydrogen (secondary N) is 1.